The fourth-order valence-corrected chi connectivity index (χ4v) is 7.92. The molecular formula is C44H44Br2N4. The van der Waals surface area contributed by atoms with Crippen LogP contribution >= 0.6 is 0 Å². The van der Waals surface area contributed by atoms with Crippen LogP contribution in [0.2, 0.25) is 0 Å². The van der Waals surface area contributed by atoms with Crippen molar-refractivity contribution in [3.8, 4) is 0 Å². The Kier molecular flexibility index (Phi) is 11.2. The summed E-state index contributed by atoms with van der Waals surface area (Å²) >= 11 is 0. The molecule has 0 fully saturated rings. The molecule has 2 heterocycles. The number of para-hydroxylation sites is 2. The molecule has 8 aromatic rings. The van der Waals surface area contributed by atoms with Gasteiger partial charge in [-0.15, -0.1) is 0 Å². The van der Waals surface area contributed by atoms with Crippen molar-refractivity contribution in [1.29, 1.82) is 0 Å². The highest BCUT2D eigenvalue weighted by molar-refractivity contribution is 6.19. The average Bonchev–Trinajstić information content (AvgIpc) is 3.13. The number of hydrogen-bond donors (Lipinski definition) is 2. The topological polar surface area (TPSA) is 59.8 Å². The predicted molar refractivity (Wildman–Crippen MR) is 204 cm³/mol. The van der Waals surface area contributed by atoms with Crippen molar-refractivity contribution in [2.75, 3.05) is 11.5 Å². The zero-order valence-electron chi connectivity index (χ0n) is 28.4. The number of aryl methyl sites for hydroxylation is 2. The fraction of sp³-hybridized carbons (Fsp3) is 0.227. The van der Waals surface area contributed by atoms with Gasteiger partial charge in [-0.3, -0.25) is 0 Å². The van der Waals surface area contributed by atoms with Crippen LogP contribution in [0.25, 0.3) is 64.9 Å². The molecule has 4 nitrogen and oxygen atoms in total. The van der Waals surface area contributed by atoms with Crippen LogP contribution in [-0.2, 0) is 13.1 Å². The summed E-state index contributed by atoms with van der Waals surface area (Å²) in [5.41, 5.74) is 17.3. The SMILES string of the molecule is Nc1cc2c(c[n+](CCCCCCCCCC[n+]3cc4c5ccccc5c(N)cc4c4ccccc43)c3ccccc23)c2ccccc12.[Br-].[Br-]. The van der Waals surface area contributed by atoms with Gasteiger partial charge in [0.1, 0.15) is 13.1 Å². The molecule has 4 N–H and O–H groups in total. The van der Waals surface area contributed by atoms with Gasteiger partial charge in [0, 0.05) is 57.9 Å². The lowest BCUT2D eigenvalue weighted by atomic mass is 9.98. The largest absolute Gasteiger partial charge is 1.00 e. The Labute approximate surface area is 315 Å². The third-order valence-corrected chi connectivity index (χ3v) is 10.4. The lowest BCUT2D eigenvalue weighted by Crippen LogP contribution is -3.00. The first-order valence-corrected chi connectivity index (χ1v) is 17.7. The summed E-state index contributed by atoms with van der Waals surface area (Å²) in [6.45, 7) is 2.07. The highest BCUT2D eigenvalue weighted by Gasteiger charge is 2.18. The molecule has 2 aromatic heterocycles. The fourth-order valence-electron chi connectivity index (χ4n) is 7.92. The van der Waals surface area contributed by atoms with Gasteiger partial charge < -0.3 is 45.4 Å². The number of anilines is 2. The first-order chi connectivity index (χ1) is 23.7. The van der Waals surface area contributed by atoms with Crippen LogP contribution in [0.4, 0.5) is 11.4 Å². The molecule has 6 heteroatoms. The summed E-state index contributed by atoms with van der Waals surface area (Å²) in [5.74, 6) is 0. The quantitative estimate of drug-likeness (QED) is 0.0896. The van der Waals surface area contributed by atoms with Crippen molar-refractivity contribution in [3.63, 3.8) is 0 Å². The van der Waals surface area contributed by atoms with Crippen molar-refractivity contribution in [1.82, 2.24) is 0 Å². The van der Waals surface area contributed by atoms with E-state index in [1.807, 2.05) is 0 Å². The number of nitrogens with zero attached hydrogens (tertiary/aromatic N) is 2. The van der Waals surface area contributed by atoms with Crippen LogP contribution < -0.4 is 54.6 Å². The van der Waals surface area contributed by atoms with Gasteiger partial charge in [0.2, 0.25) is 11.0 Å². The monoisotopic (exact) mass is 786 g/mol. The van der Waals surface area contributed by atoms with E-state index < -0.39 is 0 Å². The van der Waals surface area contributed by atoms with Crippen LogP contribution in [0.1, 0.15) is 51.4 Å². The minimum Gasteiger partial charge on any atom is -1.00 e. The molecule has 8 rings (SSSR count). The first kappa shape index (κ1) is 35.6. The molecule has 0 aliphatic carbocycles. The Morgan fingerprint density at radius 1 is 0.340 bits per heavy atom. The molecule has 254 valence electrons. The predicted octanol–water partition coefficient (Wildman–Crippen LogP) is 4.17. The maximum Gasteiger partial charge on any atom is 0.213 e. The zero-order chi connectivity index (χ0) is 32.5. The van der Waals surface area contributed by atoms with Gasteiger partial charge in [0.05, 0.1) is 21.5 Å². The molecule has 0 aliphatic rings. The normalized spacial score (nSPS) is 11.4. The van der Waals surface area contributed by atoms with Gasteiger partial charge in [-0.05, 0) is 47.9 Å². The van der Waals surface area contributed by atoms with Crippen molar-refractivity contribution in [2.24, 2.45) is 0 Å². The van der Waals surface area contributed by atoms with Crippen molar-refractivity contribution < 1.29 is 43.1 Å². The number of fused-ring (bicyclic) bond motifs is 10. The third kappa shape index (κ3) is 6.76. The summed E-state index contributed by atoms with van der Waals surface area (Å²) < 4.78 is 4.93. The molecule has 0 saturated heterocycles. The smallest absolute Gasteiger partial charge is 0.213 e. The Bertz CT molecular complexity index is 2280. The van der Waals surface area contributed by atoms with Crippen LogP contribution in [0.3, 0.4) is 0 Å². The molecule has 0 radical (unpaired) electrons. The minimum absolute atomic E-state index is 0. The lowest BCUT2D eigenvalue weighted by Gasteiger charge is -2.10. The maximum atomic E-state index is 6.49. The van der Waals surface area contributed by atoms with E-state index in [1.54, 1.807) is 0 Å². The van der Waals surface area contributed by atoms with Gasteiger partial charge in [-0.2, -0.15) is 9.13 Å². The maximum absolute atomic E-state index is 6.49. The Hall–Kier alpha value is -4.26. The van der Waals surface area contributed by atoms with E-state index in [0.29, 0.717) is 0 Å². The lowest BCUT2D eigenvalue weighted by molar-refractivity contribution is -0.670. The standard InChI is InChI=1S/C44H42N4.2BrH/c45-41-27-37-35-21-11-13-23-43(35)47(29-39(37)31-17-7-9-19-33(31)41)25-15-5-3-1-2-4-6-16-26-48-30-40-32-18-8-10-20-34(32)42(46)28-38(40)36-22-12-14-24-44(36)48;;/h7-14,17-24,27-30,45-46H,1-6,15-16,25-26H2;2*1H. The average molecular weight is 789 g/mol. The van der Waals surface area contributed by atoms with Crippen LogP contribution in [-0.4, -0.2) is 0 Å². The molecule has 6 aromatic carbocycles. The number of rotatable bonds is 11. The minimum atomic E-state index is 0. The Balaban J connectivity index is 0.00000216. The highest BCUT2D eigenvalue weighted by Crippen LogP contribution is 2.34. The number of nitrogen functional groups attached to an aromatic ring is 2. The summed E-state index contributed by atoms with van der Waals surface area (Å²) in [6, 6.07) is 38.9. The number of benzene rings is 6. The van der Waals surface area contributed by atoms with E-state index >= 15 is 0 Å². The molecular weight excluding hydrogens is 744 g/mol. The van der Waals surface area contributed by atoms with E-state index in [0.717, 1.165) is 35.2 Å². The highest BCUT2D eigenvalue weighted by atomic mass is 79.9. The van der Waals surface area contributed by atoms with E-state index in [2.05, 4.69) is 131 Å². The zero-order valence-corrected chi connectivity index (χ0v) is 31.6. The molecule has 50 heavy (non-hydrogen) atoms. The molecule has 0 bridgehead atoms. The number of nitrogens with two attached hydrogens (primary N) is 2. The molecule has 0 amide bonds. The summed E-state index contributed by atoms with van der Waals surface area (Å²) in [7, 11) is 0. The molecule has 0 unspecified atom stereocenters. The van der Waals surface area contributed by atoms with Crippen molar-refractivity contribution in [3.05, 3.63) is 122 Å². The van der Waals surface area contributed by atoms with Gasteiger partial charge in [-0.1, -0.05) is 98.5 Å². The second-order valence-corrected chi connectivity index (χ2v) is 13.5. The van der Waals surface area contributed by atoms with Crippen LogP contribution in [0.15, 0.2) is 122 Å². The summed E-state index contributed by atoms with van der Waals surface area (Å²) in [4.78, 5) is 0. The number of pyridine rings is 2. The van der Waals surface area contributed by atoms with Crippen LogP contribution in [0.5, 0.6) is 0 Å². The van der Waals surface area contributed by atoms with E-state index in [1.165, 1.54) is 105 Å². The number of halogens is 2. The van der Waals surface area contributed by atoms with E-state index in [-0.39, 0.29) is 34.0 Å². The van der Waals surface area contributed by atoms with Crippen LogP contribution in [0, 0.1) is 0 Å². The Morgan fingerprint density at radius 2 is 0.660 bits per heavy atom. The second-order valence-electron chi connectivity index (χ2n) is 13.5. The number of hydrogen-bond acceptors (Lipinski definition) is 2. The molecule has 0 saturated carbocycles. The molecule has 0 atom stereocenters. The second kappa shape index (κ2) is 15.7. The molecule has 0 aliphatic heterocycles. The van der Waals surface area contributed by atoms with Gasteiger partial charge >= 0.3 is 0 Å². The summed E-state index contributed by atoms with van der Waals surface area (Å²) in [6.07, 6.45) is 14.8. The van der Waals surface area contributed by atoms with Gasteiger partial charge in [0.25, 0.3) is 0 Å². The Morgan fingerprint density at radius 3 is 1.06 bits per heavy atom. The first-order valence-electron chi connectivity index (χ1n) is 17.7. The van der Waals surface area contributed by atoms with Gasteiger partial charge in [0.15, 0.2) is 12.4 Å². The van der Waals surface area contributed by atoms with Crippen molar-refractivity contribution in [2.45, 2.75) is 64.5 Å². The van der Waals surface area contributed by atoms with E-state index in [4.69, 9.17) is 11.5 Å². The van der Waals surface area contributed by atoms with Gasteiger partial charge in [-0.25, -0.2) is 0 Å². The van der Waals surface area contributed by atoms with Crippen molar-refractivity contribution >= 4 is 76.3 Å². The third-order valence-electron chi connectivity index (χ3n) is 10.4. The summed E-state index contributed by atoms with van der Waals surface area (Å²) in [5, 5.41) is 12.3. The number of aromatic nitrogens is 2. The van der Waals surface area contributed by atoms with E-state index in [9.17, 15) is 0 Å². The number of unbranched alkanes of at least 4 members (excludes halogenated alkanes) is 7. The molecule has 0 spiro atoms.